The predicted octanol–water partition coefficient (Wildman–Crippen LogP) is 3.87. The lowest BCUT2D eigenvalue weighted by Crippen LogP contribution is -2.41. The Labute approximate surface area is 226 Å². The molecule has 5 rings (SSSR count). The second-order valence-electron chi connectivity index (χ2n) is 9.53. The number of hydrogen-bond donors (Lipinski definition) is 2. The molecule has 0 bridgehead atoms. The van der Waals surface area contributed by atoms with Crippen LogP contribution in [-0.2, 0) is 0 Å². The fourth-order valence-electron chi connectivity index (χ4n) is 5.04. The predicted molar refractivity (Wildman–Crippen MR) is 150 cm³/mol. The number of nitrogens with two attached hydrogens (primary N) is 1. The van der Waals surface area contributed by atoms with E-state index in [1.54, 1.807) is 19.2 Å². The van der Waals surface area contributed by atoms with Crippen LogP contribution in [0, 0.1) is 6.92 Å². The highest BCUT2D eigenvalue weighted by molar-refractivity contribution is 7.13. The van der Waals surface area contributed by atoms with E-state index in [1.807, 2.05) is 37.4 Å². The van der Waals surface area contributed by atoms with Crippen LogP contribution in [0.3, 0.4) is 0 Å². The normalized spacial score (nSPS) is 19.3. The molecule has 2 aromatic carbocycles. The molecule has 3 aromatic rings. The third kappa shape index (κ3) is 5.27. The van der Waals surface area contributed by atoms with Crippen molar-refractivity contribution in [2.45, 2.75) is 32.2 Å². The average molecular weight is 533 g/mol. The smallest absolute Gasteiger partial charge is 0.257 e. The average Bonchev–Trinajstić information content (AvgIpc) is 3.32. The van der Waals surface area contributed by atoms with E-state index in [1.165, 1.54) is 16.9 Å². The van der Waals surface area contributed by atoms with E-state index in [-0.39, 0.29) is 23.8 Å². The number of aromatic nitrogens is 1. The topological polar surface area (TPSA) is 114 Å². The van der Waals surface area contributed by atoms with E-state index in [4.69, 9.17) is 20.2 Å². The molecular weight excluding hydrogens is 500 g/mol. The Bertz CT molecular complexity index is 1400. The Balaban J connectivity index is 1.44. The van der Waals surface area contributed by atoms with Gasteiger partial charge < -0.3 is 20.1 Å². The molecule has 2 unspecified atom stereocenters. The monoisotopic (exact) mass is 532 g/mol. The van der Waals surface area contributed by atoms with E-state index in [2.05, 4.69) is 33.3 Å². The van der Waals surface area contributed by atoms with Gasteiger partial charge in [0.15, 0.2) is 11.5 Å². The van der Waals surface area contributed by atoms with Gasteiger partial charge in [-0.3, -0.25) is 15.1 Å². The quantitative estimate of drug-likeness (QED) is 0.368. The van der Waals surface area contributed by atoms with Gasteiger partial charge in [-0.25, -0.2) is 4.98 Å². The van der Waals surface area contributed by atoms with Gasteiger partial charge in [0.1, 0.15) is 0 Å². The summed E-state index contributed by atoms with van der Waals surface area (Å²) in [7, 11) is 3.81. The third-order valence-electron chi connectivity index (χ3n) is 6.85. The Morgan fingerprint density at radius 2 is 2.05 bits per heavy atom. The van der Waals surface area contributed by atoms with Crippen LogP contribution in [-0.4, -0.2) is 67.4 Å². The highest BCUT2D eigenvalue weighted by Crippen LogP contribution is 2.42. The number of likely N-dealkylation sites (N-methyl/N-ethyl adjacent to an activating group) is 1. The number of nitrogens with zero attached hydrogens (tertiary/aromatic N) is 4. The van der Waals surface area contributed by atoms with Gasteiger partial charge in [0.25, 0.3) is 5.91 Å². The number of guanidine groups is 1. The second-order valence-corrected chi connectivity index (χ2v) is 10.4. The Kier molecular flexibility index (Phi) is 7.44. The first-order valence-electron chi connectivity index (χ1n) is 12.7. The summed E-state index contributed by atoms with van der Waals surface area (Å²) in [5.74, 6) is 1.38. The third-order valence-corrected chi connectivity index (χ3v) is 7.70. The van der Waals surface area contributed by atoms with Crippen molar-refractivity contribution in [2.75, 3.05) is 33.9 Å². The van der Waals surface area contributed by atoms with Crippen LogP contribution >= 0.6 is 11.3 Å². The molecule has 38 heavy (non-hydrogen) atoms. The molecule has 9 nitrogen and oxygen atoms in total. The molecule has 10 heteroatoms. The summed E-state index contributed by atoms with van der Waals surface area (Å²) < 4.78 is 11.6. The number of methoxy groups -OCH3 is 1. The second kappa shape index (κ2) is 10.9. The number of benzene rings is 2. The molecule has 1 aromatic heterocycles. The first-order chi connectivity index (χ1) is 18.4. The fraction of sp³-hybridized carbons (Fsp3) is 0.357. The zero-order valence-corrected chi connectivity index (χ0v) is 22.8. The first kappa shape index (κ1) is 25.9. The molecule has 1 amide bonds. The summed E-state index contributed by atoms with van der Waals surface area (Å²) in [6.45, 7) is 6.35. The van der Waals surface area contributed by atoms with Crippen LogP contribution in [0.5, 0.6) is 11.5 Å². The maximum absolute atomic E-state index is 12.8. The minimum Gasteiger partial charge on any atom is -0.493 e. The number of thiazole rings is 1. The van der Waals surface area contributed by atoms with Crippen molar-refractivity contribution in [1.29, 1.82) is 0 Å². The number of nitrogens with one attached hydrogen (secondary N) is 1. The van der Waals surface area contributed by atoms with Crippen LogP contribution in [0.2, 0.25) is 0 Å². The highest BCUT2D eigenvalue weighted by Gasteiger charge is 2.36. The fourth-order valence-corrected chi connectivity index (χ4v) is 5.71. The number of hydrogen-bond acceptors (Lipinski definition) is 8. The number of aryl methyl sites for hydroxylation is 1. The molecule has 0 saturated carbocycles. The number of carbonyl (C=O) groups excluding carboxylic acids is 1. The van der Waals surface area contributed by atoms with Crippen molar-refractivity contribution >= 4 is 34.0 Å². The molecule has 2 aliphatic heterocycles. The molecule has 3 N–H and O–H groups in total. The number of carbonyl (C=O) groups is 1. The zero-order valence-electron chi connectivity index (χ0n) is 22.0. The van der Waals surface area contributed by atoms with Gasteiger partial charge in [0, 0.05) is 34.5 Å². The van der Waals surface area contributed by atoms with Crippen molar-refractivity contribution in [3.05, 3.63) is 69.7 Å². The van der Waals surface area contributed by atoms with Gasteiger partial charge in [-0.05, 0) is 63.7 Å². The number of fused-ring (bicyclic) bond motifs is 3. The standard InChI is InChI=1S/C28H32N6O3S/c1-5-37-24-12-19-20(13-23(24)36-4)25(31-22-10-11-34(3)14-21(19)22)17-6-8-18(9-7-17)26(35)32-27(29)33-28-30-16(2)15-38-28/h6-9,12-13,15,21-22H,5,10-11,14H2,1-4H3,(H3,29,30,32,33,35). The maximum atomic E-state index is 12.8. The largest absolute Gasteiger partial charge is 0.493 e. The highest BCUT2D eigenvalue weighted by atomic mass is 32.1. The molecular formula is C28H32N6O3S. The summed E-state index contributed by atoms with van der Waals surface area (Å²) in [4.78, 5) is 28.8. The van der Waals surface area contributed by atoms with Crippen LogP contribution in [0.1, 0.15) is 52.0 Å². The molecule has 0 radical (unpaired) electrons. The summed E-state index contributed by atoms with van der Waals surface area (Å²) in [5.41, 5.74) is 11.4. The van der Waals surface area contributed by atoms with Crippen molar-refractivity contribution < 1.29 is 14.3 Å². The van der Waals surface area contributed by atoms with E-state index in [0.29, 0.717) is 23.1 Å². The van der Waals surface area contributed by atoms with Gasteiger partial charge in [0.2, 0.25) is 11.1 Å². The lowest BCUT2D eigenvalue weighted by Gasteiger charge is -2.39. The lowest BCUT2D eigenvalue weighted by atomic mass is 9.79. The van der Waals surface area contributed by atoms with Crippen molar-refractivity contribution in [2.24, 2.45) is 15.7 Å². The minimum absolute atomic E-state index is 0.00418. The van der Waals surface area contributed by atoms with Gasteiger partial charge in [-0.1, -0.05) is 12.1 Å². The minimum atomic E-state index is -0.338. The van der Waals surface area contributed by atoms with E-state index in [0.717, 1.165) is 47.8 Å². The number of rotatable bonds is 6. The van der Waals surface area contributed by atoms with Gasteiger partial charge in [-0.2, -0.15) is 4.99 Å². The Hall–Kier alpha value is -3.76. The van der Waals surface area contributed by atoms with E-state index in [9.17, 15) is 4.79 Å². The summed E-state index contributed by atoms with van der Waals surface area (Å²) in [6.07, 6.45) is 0.984. The van der Waals surface area contributed by atoms with Crippen molar-refractivity contribution in [1.82, 2.24) is 15.2 Å². The number of ether oxygens (including phenoxy) is 2. The van der Waals surface area contributed by atoms with Gasteiger partial charge >= 0.3 is 0 Å². The molecule has 1 saturated heterocycles. The zero-order chi connectivity index (χ0) is 26.8. The summed E-state index contributed by atoms with van der Waals surface area (Å²) >= 11 is 1.36. The van der Waals surface area contributed by atoms with Crippen molar-refractivity contribution in [3.63, 3.8) is 0 Å². The van der Waals surface area contributed by atoms with Crippen molar-refractivity contribution in [3.8, 4) is 11.5 Å². The number of piperidine rings is 1. The van der Waals surface area contributed by atoms with E-state index >= 15 is 0 Å². The first-order valence-corrected chi connectivity index (χ1v) is 13.5. The number of likely N-dealkylation sites (tertiary alicyclic amines) is 1. The maximum Gasteiger partial charge on any atom is 0.257 e. The Morgan fingerprint density at radius 3 is 2.74 bits per heavy atom. The van der Waals surface area contributed by atoms with Crippen LogP contribution in [0.25, 0.3) is 0 Å². The summed E-state index contributed by atoms with van der Waals surface area (Å²) in [6, 6.07) is 11.7. The van der Waals surface area contributed by atoms with Crippen LogP contribution in [0.4, 0.5) is 5.13 Å². The molecule has 0 aliphatic carbocycles. The molecule has 3 heterocycles. The van der Waals surface area contributed by atoms with Crippen LogP contribution in [0.15, 0.2) is 51.8 Å². The molecule has 1 fully saturated rings. The van der Waals surface area contributed by atoms with Crippen LogP contribution < -0.4 is 20.5 Å². The summed E-state index contributed by atoms with van der Waals surface area (Å²) in [5, 5.41) is 5.01. The Morgan fingerprint density at radius 1 is 1.26 bits per heavy atom. The number of aliphatic imine (C=N–C) groups is 2. The van der Waals surface area contributed by atoms with E-state index < -0.39 is 0 Å². The SMILES string of the molecule is CCOc1cc2c(cc1OC)C(c1ccc(C(=O)N/C(N)=N/c3nc(C)cs3)cc1)=NC1CCN(C)CC21. The molecule has 198 valence electrons. The molecule has 0 spiro atoms. The van der Waals surface area contributed by atoms with Gasteiger partial charge in [-0.15, -0.1) is 11.3 Å². The van der Waals surface area contributed by atoms with Gasteiger partial charge in [0.05, 0.1) is 31.2 Å². The number of amides is 1. The molecule has 2 aliphatic rings. The lowest BCUT2D eigenvalue weighted by molar-refractivity contribution is 0.0976. The molecule has 2 atom stereocenters.